The molecule has 1 atom stereocenters. The van der Waals surface area contributed by atoms with Crippen LogP contribution in [0.15, 0.2) is 60.7 Å². The molecule has 0 amide bonds. The lowest BCUT2D eigenvalue weighted by Crippen LogP contribution is -2.28. The van der Waals surface area contributed by atoms with E-state index in [1.54, 1.807) is 48.5 Å². The maximum Gasteiger partial charge on any atom is 0.373 e. The number of hydrogen-bond acceptors (Lipinski definition) is 6. The van der Waals surface area contributed by atoms with Crippen LogP contribution in [0.25, 0.3) is 0 Å². The van der Waals surface area contributed by atoms with Crippen molar-refractivity contribution in [3.63, 3.8) is 0 Å². The van der Waals surface area contributed by atoms with Crippen LogP contribution in [0.4, 0.5) is 0 Å². The minimum atomic E-state index is -0.718. The summed E-state index contributed by atoms with van der Waals surface area (Å²) in [6, 6.07) is 17.3. The molecule has 0 saturated carbocycles. The molecule has 6 nitrogen and oxygen atoms in total. The standard InChI is InChI=1S/C22H26O6/c1-4-19(25-26-20(23)17-11-7-5-8-12-17)15-16-22(2,3)28-27-21(24)18-13-9-6-10-14-18/h5-14,19H,4,15-16H2,1-3H3. The van der Waals surface area contributed by atoms with Crippen LogP contribution in [0.1, 0.15) is 60.7 Å². The van der Waals surface area contributed by atoms with Gasteiger partial charge < -0.3 is 0 Å². The molecule has 0 aliphatic carbocycles. The second-order valence-electron chi connectivity index (χ2n) is 6.98. The van der Waals surface area contributed by atoms with Crippen molar-refractivity contribution >= 4 is 11.9 Å². The van der Waals surface area contributed by atoms with Crippen LogP contribution in [0, 0.1) is 0 Å². The number of carbonyl (C=O) groups excluding carboxylic acids is 2. The van der Waals surface area contributed by atoms with Crippen molar-refractivity contribution in [2.45, 2.75) is 51.7 Å². The molecule has 150 valence electrons. The molecular weight excluding hydrogens is 360 g/mol. The Morgan fingerprint density at radius 2 is 1.36 bits per heavy atom. The molecule has 28 heavy (non-hydrogen) atoms. The predicted molar refractivity (Wildman–Crippen MR) is 103 cm³/mol. The first-order chi connectivity index (χ1) is 13.4. The Morgan fingerprint density at radius 3 is 1.86 bits per heavy atom. The molecule has 0 radical (unpaired) electrons. The van der Waals surface area contributed by atoms with Gasteiger partial charge in [0.05, 0.1) is 11.1 Å². The third-order valence-electron chi connectivity index (χ3n) is 4.15. The van der Waals surface area contributed by atoms with E-state index in [0.717, 1.165) is 0 Å². The van der Waals surface area contributed by atoms with Crippen molar-refractivity contribution in [1.82, 2.24) is 0 Å². The summed E-state index contributed by atoms with van der Waals surface area (Å²) in [7, 11) is 0. The second kappa shape index (κ2) is 10.6. The quantitative estimate of drug-likeness (QED) is 0.427. The fourth-order valence-electron chi connectivity index (χ4n) is 2.38. The SMILES string of the molecule is CCC(CCC(C)(C)OOC(=O)c1ccccc1)OOC(=O)c1ccccc1. The van der Waals surface area contributed by atoms with Gasteiger partial charge in [0.2, 0.25) is 0 Å². The summed E-state index contributed by atoms with van der Waals surface area (Å²) in [6.45, 7) is 5.56. The summed E-state index contributed by atoms with van der Waals surface area (Å²) in [5.74, 6) is -1.08. The highest BCUT2D eigenvalue weighted by Gasteiger charge is 2.25. The van der Waals surface area contributed by atoms with E-state index < -0.39 is 17.5 Å². The summed E-state index contributed by atoms with van der Waals surface area (Å²) < 4.78 is 0. The minimum absolute atomic E-state index is 0.291. The van der Waals surface area contributed by atoms with Gasteiger partial charge in [0, 0.05) is 0 Å². The van der Waals surface area contributed by atoms with Gasteiger partial charge in [0.25, 0.3) is 0 Å². The van der Waals surface area contributed by atoms with E-state index in [1.165, 1.54) is 0 Å². The molecule has 2 aromatic carbocycles. The van der Waals surface area contributed by atoms with Gasteiger partial charge >= 0.3 is 11.9 Å². The monoisotopic (exact) mass is 386 g/mol. The van der Waals surface area contributed by atoms with Gasteiger partial charge in [0.15, 0.2) is 0 Å². The molecule has 0 aliphatic heterocycles. The number of carbonyl (C=O) groups is 2. The molecule has 0 heterocycles. The van der Waals surface area contributed by atoms with Crippen LogP contribution < -0.4 is 0 Å². The highest BCUT2D eigenvalue weighted by atomic mass is 17.2. The van der Waals surface area contributed by atoms with E-state index >= 15 is 0 Å². The Hall–Kier alpha value is -2.70. The number of hydrogen-bond donors (Lipinski definition) is 0. The van der Waals surface area contributed by atoms with Crippen molar-refractivity contribution in [1.29, 1.82) is 0 Å². The minimum Gasteiger partial charge on any atom is -0.293 e. The first-order valence-corrected chi connectivity index (χ1v) is 9.29. The Morgan fingerprint density at radius 1 is 0.857 bits per heavy atom. The lowest BCUT2D eigenvalue weighted by atomic mass is 9.99. The van der Waals surface area contributed by atoms with Gasteiger partial charge in [-0.1, -0.05) is 43.3 Å². The van der Waals surface area contributed by atoms with E-state index in [2.05, 4.69) is 0 Å². The number of rotatable bonds is 10. The average molecular weight is 386 g/mol. The molecule has 2 aromatic rings. The zero-order valence-corrected chi connectivity index (χ0v) is 16.4. The molecule has 0 bridgehead atoms. The highest BCUT2D eigenvalue weighted by molar-refractivity contribution is 5.89. The fourth-order valence-corrected chi connectivity index (χ4v) is 2.38. The van der Waals surface area contributed by atoms with Crippen molar-refractivity contribution in [2.24, 2.45) is 0 Å². The van der Waals surface area contributed by atoms with Crippen molar-refractivity contribution < 1.29 is 29.1 Å². The molecule has 6 heteroatoms. The lowest BCUT2D eigenvalue weighted by molar-refractivity contribution is -0.314. The predicted octanol–water partition coefficient (Wildman–Crippen LogP) is 4.90. The Balaban J connectivity index is 1.76. The van der Waals surface area contributed by atoms with Crippen LogP contribution in [0.5, 0.6) is 0 Å². The summed E-state index contributed by atoms with van der Waals surface area (Å²) in [4.78, 5) is 44.4. The molecule has 0 aromatic heterocycles. The first kappa shape index (κ1) is 21.6. The molecule has 0 aliphatic rings. The summed E-state index contributed by atoms with van der Waals surface area (Å²) in [5.41, 5.74) is 0.125. The van der Waals surface area contributed by atoms with Gasteiger partial charge in [-0.05, 0) is 57.4 Å². The summed E-state index contributed by atoms with van der Waals surface area (Å²) in [5, 5.41) is 0. The van der Waals surface area contributed by atoms with E-state index in [1.807, 2.05) is 32.9 Å². The third kappa shape index (κ3) is 7.13. The summed E-state index contributed by atoms with van der Waals surface area (Å²) >= 11 is 0. The van der Waals surface area contributed by atoms with E-state index in [-0.39, 0.29) is 6.10 Å². The third-order valence-corrected chi connectivity index (χ3v) is 4.15. The number of benzene rings is 2. The zero-order chi connectivity index (χ0) is 20.4. The van der Waals surface area contributed by atoms with Gasteiger partial charge in [-0.3, -0.25) is 9.78 Å². The highest BCUT2D eigenvalue weighted by Crippen LogP contribution is 2.21. The van der Waals surface area contributed by atoms with Crippen LogP contribution >= 0.6 is 0 Å². The second-order valence-corrected chi connectivity index (χ2v) is 6.98. The first-order valence-electron chi connectivity index (χ1n) is 9.29. The van der Waals surface area contributed by atoms with Crippen LogP contribution in [-0.4, -0.2) is 23.6 Å². The molecule has 2 rings (SSSR count). The van der Waals surface area contributed by atoms with Crippen LogP contribution in [-0.2, 0) is 19.6 Å². The van der Waals surface area contributed by atoms with Crippen molar-refractivity contribution in [2.75, 3.05) is 0 Å². The zero-order valence-electron chi connectivity index (χ0n) is 16.4. The largest absolute Gasteiger partial charge is 0.373 e. The van der Waals surface area contributed by atoms with E-state index in [4.69, 9.17) is 19.6 Å². The normalized spacial score (nSPS) is 12.2. The van der Waals surface area contributed by atoms with Crippen molar-refractivity contribution in [3.8, 4) is 0 Å². The molecular formula is C22H26O6. The lowest BCUT2D eigenvalue weighted by Gasteiger charge is -2.24. The topological polar surface area (TPSA) is 71.1 Å². The van der Waals surface area contributed by atoms with Gasteiger partial charge in [-0.25, -0.2) is 9.59 Å². The summed E-state index contributed by atoms with van der Waals surface area (Å²) in [6.07, 6.45) is 1.47. The average Bonchev–Trinajstić information content (AvgIpc) is 2.73. The van der Waals surface area contributed by atoms with Gasteiger partial charge in [0.1, 0.15) is 11.7 Å². The Kier molecular flexibility index (Phi) is 8.17. The van der Waals surface area contributed by atoms with Crippen molar-refractivity contribution in [3.05, 3.63) is 71.8 Å². The Bertz CT molecular complexity index is 742. The Labute approximate surface area is 165 Å². The van der Waals surface area contributed by atoms with E-state index in [9.17, 15) is 9.59 Å². The smallest absolute Gasteiger partial charge is 0.293 e. The van der Waals surface area contributed by atoms with Crippen LogP contribution in [0.2, 0.25) is 0 Å². The van der Waals surface area contributed by atoms with E-state index in [0.29, 0.717) is 30.4 Å². The molecule has 0 spiro atoms. The maximum atomic E-state index is 12.0. The maximum absolute atomic E-state index is 12.0. The fraction of sp³-hybridized carbons (Fsp3) is 0.364. The van der Waals surface area contributed by atoms with Crippen LogP contribution in [0.3, 0.4) is 0 Å². The van der Waals surface area contributed by atoms with Gasteiger partial charge in [-0.15, -0.1) is 0 Å². The molecule has 0 saturated heterocycles. The van der Waals surface area contributed by atoms with Gasteiger partial charge in [-0.2, -0.15) is 9.78 Å². The molecule has 1 unspecified atom stereocenters. The molecule has 0 N–H and O–H groups in total. The molecule has 0 fully saturated rings.